The number of aliphatic hydroxyl groups excluding tert-OH is 1. The topological polar surface area (TPSA) is 69.6 Å². The van der Waals surface area contributed by atoms with Crippen molar-refractivity contribution in [3.63, 3.8) is 0 Å². The maximum atomic E-state index is 13.3. The van der Waals surface area contributed by atoms with Crippen LogP contribution in [0, 0.1) is 0 Å². The summed E-state index contributed by atoms with van der Waals surface area (Å²) >= 11 is 0. The Labute approximate surface area is 196 Å². The van der Waals surface area contributed by atoms with Gasteiger partial charge < -0.3 is 15.3 Å². The third-order valence-corrected chi connectivity index (χ3v) is 7.09. The fourth-order valence-corrected chi connectivity index (χ4v) is 5.47. The van der Waals surface area contributed by atoms with Crippen molar-refractivity contribution >= 4 is 17.5 Å². The molecule has 2 aliphatic rings. The highest BCUT2D eigenvalue weighted by Gasteiger charge is 2.52. The molecule has 2 aromatic carbocycles. The Hall–Kier alpha value is -3.08. The highest BCUT2D eigenvalue weighted by Crippen LogP contribution is 2.39. The normalized spacial score (nSPS) is 21.7. The Kier molecular flexibility index (Phi) is 6.59. The summed E-state index contributed by atoms with van der Waals surface area (Å²) in [6.07, 6.45) is 6.71. The number of aliphatic hydroxyl groups is 1. The van der Waals surface area contributed by atoms with Crippen molar-refractivity contribution in [2.45, 2.75) is 76.8 Å². The number of nitrogens with one attached hydrogen (secondary N) is 1. The average Bonchev–Trinajstić information content (AvgIpc) is 3.00. The summed E-state index contributed by atoms with van der Waals surface area (Å²) in [5.74, 6) is -0.575. The number of benzene rings is 2. The van der Waals surface area contributed by atoms with E-state index in [0.717, 1.165) is 5.56 Å². The molecule has 1 fully saturated rings. The molecule has 1 aliphatic carbocycles. The van der Waals surface area contributed by atoms with Crippen molar-refractivity contribution in [2.75, 3.05) is 5.32 Å². The maximum Gasteiger partial charge on any atom is 0.264 e. The monoisotopic (exact) mass is 446 g/mol. The Balaban J connectivity index is 1.56. The summed E-state index contributed by atoms with van der Waals surface area (Å²) in [5, 5.41) is 14.0. The minimum Gasteiger partial charge on any atom is -0.509 e. The molecule has 5 heteroatoms. The number of carbonyl (C=O) groups excluding carboxylic acids is 2. The Morgan fingerprint density at radius 1 is 1.06 bits per heavy atom. The lowest BCUT2D eigenvalue weighted by atomic mass is 9.84. The fourth-order valence-electron chi connectivity index (χ4n) is 5.47. The molecule has 4 rings (SSSR count). The molecule has 0 bridgehead atoms. The molecule has 0 saturated heterocycles. The summed E-state index contributed by atoms with van der Waals surface area (Å²) in [5.41, 5.74) is 1.77. The zero-order chi connectivity index (χ0) is 23.6. The van der Waals surface area contributed by atoms with Crippen molar-refractivity contribution in [1.82, 2.24) is 4.90 Å². The lowest BCUT2D eigenvalue weighted by Gasteiger charge is -2.38. The number of anilines is 1. The van der Waals surface area contributed by atoms with Gasteiger partial charge in [0, 0.05) is 18.2 Å². The lowest BCUT2D eigenvalue weighted by molar-refractivity contribution is -0.132. The predicted octanol–water partition coefficient (Wildman–Crippen LogP) is 5.74. The summed E-state index contributed by atoms with van der Waals surface area (Å²) in [6.45, 7) is 5.63. The third-order valence-electron chi connectivity index (χ3n) is 7.09. The van der Waals surface area contributed by atoms with Crippen LogP contribution < -0.4 is 5.32 Å². The van der Waals surface area contributed by atoms with E-state index in [4.69, 9.17) is 0 Å². The number of nitrogens with zero attached hydrogens (tertiary/aromatic N) is 1. The van der Waals surface area contributed by atoms with Crippen LogP contribution in [0.5, 0.6) is 0 Å². The first kappa shape index (κ1) is 23.1. The van der Waals surface area contributed by atoms with Crippen LogP contribution in [0.4, 0.5) is 5.69 Å². The summed E-state index contributed by atoms with van der Waals surface area (Å²) in [4.78, 5) is 28.1. The summed E-state index contributed by atoms with van der Waals surface area (Å²) in [7, 11) is 0. The van der Waals surface area contributed by atoms with Gasteiger partial charge in [0.1, 0.15) is 16.9 Å². The van der Waals surface area contributed by atoms with Crippen LogP contribution >= 0.6 is 0 Å². The van der Waals surface area contributed by atoms with Crippen LogP contribution in [0.1, 0.15) is 69.9 Å². The molecule has 2 aromatic rings. The zero-order valence-corrected chi connectivity index (χ0v) is 19.8. The predicted molar refractivity (Wildman–Crippen MR) is 131 cm³/mol. The molecular weight excluding hydrogens is 412 g/mol. The molecule has 5 nitrogen and oxygen atoms in total. The van der Waals surface area contributed by atoms with Gasteiger partial charge in [-0.05, 0) is 62.8 Å². The number of rotatable bonds is 6. The van der Waals surface area contributed by atoms with E-state index in [2.05, 4.69) is 17.4 Å². The molecule has 2 N–H and O–H groups in total. The fraction of sp³-hybridized carbons (Fsp3) is 0.429. The number of hydrogen-bond donors (Lipinski definition) is 2. The van der Waals surface area contributed by atoms with Gasteiger partial charge in [0.05, 0.1) is 0 Å². The molecule has 174 valence electrons. The largest absolute Gasteiger partial charge is 0.509 e. The van der Waals surface area contributed by atoms with Crippen LogP contribution in [-0.4, -0.2) is 33.4 Å². The standard InChI is InChI=1S/C28H34N2O3/c1-19(2)30-27(33)24(25(31)28(30,3)18-20-10-6-4-7-11-20)26(32)29-23-16-14-22(15-17-23)21-12-8-5-9-13-21/h4,6-7,10-11,14-17,19,21,31H,5,8-9,12-13,18H2,1-3H3,(H,29,32). The van der Waals surface area contributed by atoms with Gasteiger partial charge in [-0.2, -0.15) is 0 Å². The van der Waals surface area contributed by atoms with Gasteiger partial charge in [0.2, 0.25) is 0 Å². The highest BCUT2D eigenvalue weighted by atomic mass is 16.3. The Morgan fingerprint density at radius 3 is 2.30 bits per heavy atom. The molecule has 1 aliphatic heterocycles. The summed E-state index contributed by atoms with van der Waals surface area (Å²) in [6, 6.07) is 17.5. The van der Waals surface area contributed by atoms with Crippen LogP contribution in [0.2, 0.25) is 0 Å². The zero-order valence-electron chi connectivity index (χ0n) is 19.8. The SMILES string of the molecule is CC(C)N1C(=O)C(C(=O)Nc2ccc(C3CCCCC3)cc2)=C(O)C1(C)Cc1ccccc1. The van der Waals surface area contributed by atoms with Crippen molar-refractivity contribution in [2.24, 2.45) is 0 Å². The second-order valence-electron chi connectivity index (χ2n) is 9.84. The smallest absolute Gasteiger partial charge is 0.264 e. The Bertz CT molecular complexity index is 1040. The molecule has 0 radical (unpaired) electrons. The molecule has 33 heavy (non-hydrogen) atoms. The van der Waals surface area contributed by atoms with Crippen LogP contribution in [0.3, 0.4) is 0 Å². The minimum absolute atomic E-state index is 0.165. The van der Waals surface area contributed by atoms with E-state index >= 15 is 0 Å². The van der Waals surface area contributed by atoms with Gasteiger partial charge in [-0.15, -0.1) is 0 Å². The molecule has 0 spiro atoms. The summed E-state index contributed by atoms with van der Waals surface area (Å²) < 4.78 is 0. The first-order valence-electron chi connectivity index (χ1n) is 12.0. The number of amides is 2. The molecule has 1 atom stereocenters. The third kappa shape index (κ3) is 4.54. The molecule has 2 amide bonds. The molecule has 1 heterocycles. The number of carbonyl (C=O) groups is 2. The van der Waals surface area contributed by atoms with Gasteiger partial charge in [-0.25, -0.2) is 0 Å². The maximum absolute atomic E-state index is 13.3. The number of hydrogen-bond acceptors (Lipinski definition) is 3. The molecule has 1 unspecified atom stereocenters. The minimum atomic E-state index is -0.982. The van der Waals surface area contributed by atoms with E-state index in [0.29, 0.717) is 18.0 Å². The first-order valence-corrected chi connectivity index (χ1v) is 12.0. The van der Waals surface area contributed by atoms with Crippen molar-refractivity contribution < 1.29 is 14.7 Å². The van der Waals surface area contributed by atoms with Crippen LogP contribution in [0.25, 0.3) is 0 Å². The van der Waals surface area contributed by atoms with Crippen LogP contribution in [-0.2, 0) is 16.0 Å². The van der Waals surface area contributed by atoms with Crippen LogP contribution in [0.15, 0.2) is 65.9 Å². The second-order valence-corrected chi connectivity index (χ2v) is 9.84. The lowest BCUT2D eigenvalue weighted by Crippen LogP contribution is -2.51. The van der Waals surface area contributed by atoms with Crippen molar-refractivity contribution in [3.8, 4) is 0 Å². The van der Waals surface area contributed by atoms with E-state index < -0.39 is 17.4 Å². The van der Waals surface area contributed by atoms with Gasteiger partial charge in [0.25, 0.3) is 11.8 Å². The Morgan fingerprint density at radius 2 is 1.70 bits per heavy atom. The van der Waals surface area contributed by atoms with Gasteiger partial charge in [-0.1, -0.05) is 61.7 Å². The van der Waals surface area contributed by atoms with Crippen molar-refractivity contribution in [1.29, 1.82) is 0 Å². The highest BCUT2D eigenvalue weighted by molar-refractivity contribution is 6.25. The van der Waals surface area contributed by atoms with E-state index in [9.17, 15) is 14.7 Å². The molecule has 0 aromatic heterocycles. The molecule has 1 saturated carbocycles. The van der Waals surface area contributed by atoms with E-state index in [1.807, 2.05) is 63.2 Å². The molecular formula is C28H34N2O3. The van der Waals surface area contributed by atoms with E-state index in [1.165, 1.54) is 37.7 Å². The van der Waals surface area contributed by atoms with Gasteiger partial charge in [0.15, 0.2) is 0 Å². The van der Waals surface area contributed by atoms with E-state index in [-0.39, 0.29) is 17.4 Å². The van der Waals surface area contributed by atoms with Gasteiger partial charge in [-0.3, -0.25) is 9.59 Å². The van der Waals surface area contributed by atoms with E-state index in [1.54, 1.807) is 4.90 Å². The second kappa shape index (κ2) is 9.42. The van der Waals surface area contributed by atoms with Gasteiger partial charge >= 0.3 is 0 Å². The first-order chi connectivity index (χ1) is 15.8. The average molecular weight is 447 g/mol. The quantitative estimate of drug-likeness (QED) is 0.556. The van der Waals surface area contributed by atoms with Crippen molar-refractivity contribution in [3.05, 3.63) is 77.1 Å².